The zero-order valence-electron chi connectivity index (χ0n) is 16.0. The molecule has 1 fully saturated rings. The van der Waals surface area contributed by atoms with Gasteiger partial charge in [-0.1, -0.05) is 0 Å². The Morgan fingerprint density at radius 3 is 2.93 bits per heavy atom. The summed E-state index contributed by atoms with van der Waals surface area (Å²) in [5.41, 5.74) is 4.96. The van der Waals surface area contributed by atoms with Crippen LogP contribution >= 0.6 is 0 Å². The number of benzene rings is 1. The lowest BCUT2D eigenvalue weighted by molar-refractivity contribution is 0.0528. The molecule has 2 aliphatic heterocycles. The number of aliphatic imine (C=N–C) groups is 1. The Hall–Kier alpha value is -3.34. The van der Waals surface area contributed by atoms with Gasteiger partial charge in [-0.25, -0.2) is 23.7 Å². The number of amidine groups is 1. The van der Waals surface area contributed by atoms with Crippen molar-refractivity contribution in [2.75, 3.05) is 32.3 Å². The first-order valence-electron chi connectivity index (χ1n) is 9.10. The monoisotopic (exact) mass is 419 g/mol. The number of hydrogen-bond acceptors (Lipinski definition) is 8. The molecule has 2 aromatic rings. The van der Waals surface area contributed by atoms with Crippen molar-refractivity contribution in [1.82, 2.24) is 9.97 Å². The number of aromatic nitrogens is 2. The molecule has 1 saturated heterocycles. The fourth-order valence-electron chi connectivity index (χ4n) is 3.69. The highest BCUT2D eigenvalue weighted by Crippen LogP contribution is 2.46. The molecular weight excluding hydrogens is 400 g/mol. The van der Waals surface area contributed by atoms with E-state index in [1.807, 2.05) is 0 Å². The molecule has 1 amide bonds. The van der Waals surface area contributed by atoms with E-state index in [1.54, 1.807) is 0 Å². The Morgan fingerprint density at radius 1 is 1.40 bits per heavy atom. The summed E-state index contributed by atoms with van der Waals surface area (Å²) < 4.78 is 43.9. The third-order valence-corrected chi connectivity index (χ3v) is 5.21. The molecule has 0 aliphatic carbocycles. The lowest BCUT2D eigenvalue weighted by Crippen LogP contribution is -2.45. The molecule has 3 N–H and O–H groups in total. The van der Waals surface area contributed by atoms with Crippen LogP contribution in [-0.2, 0) is 15.0 Å². The minimum absolute atomic E-state index is 0.0430. The lowest BCUT2D eigenvalue weighted by Gasteiger charge is -2.35. The molecule has 158 valence electrons. The highest BCUT2D eigenvalue weighted by molar-refractivity contribution is 6.02. The van der Waals surface area contributed by atoms with Gasteiger partial charge in [-0.3, -0.25) is 4.79 Å². The summed E-state index contributed by atoms with van der Waals surface area (Å²) in [6.45, 7) is -0.782. The second kappa shape index (κ2) is 7.82. The third kappa shape index (κ3) is 3.41. The maximum Gasteiger partial charge on any atom is 0.282 e. The van der Waals surface area contributed by atoms with E-state index in [0.717, 1.165) is 0 Å². The van der Waals surface area contributed by atoms with Crippen LogP contribution in [0.15, 0.2) is 35.6 Å². The predicted octanol–water partition coefficient (Wildman–Crippen LogP) is 1.40. The SMILES string of the molecule is COc1cnc(C(=O)Nc2ccc(F)c(C34COC(CF)C3COC(N)=N4)c2)cn1. The number of anilines is 1. The number of alkyl halides is 1. The number of nitrogens with two attached hydrogens (primary N) is 1. The van der Waals surface area contributed by atoms with Crippen LogP contribution in [0.25, 0.3) is 0 Å². The molecule has 0 spiro atoms. The number of ether oxygens (including phenoxy) is 3. The summed E-state index contributed by atoms with van der Waals surface area (Å²) in [6.07, 6.45) is 1.77. The molecule has 0 saturated carbocycles. The van der Waals surface area contributed by atoms with Crippen LogP contribution < -0.4 is 15.8 Å². The Labute approximate surface area is 170 Å². The van der Waals surface area contributed by atoms with Crippen molar-refractivity contribution in [3.05, 3.63) is 47.7 Å². The van der Waals surface area contributed by atoms with Crippen molar-refractivity contribution in [2.24, 2.45) is 16.6 Å². The number of amides is 1. The summed E-state index contributed by atoms with van der Waals surface area (Å²) in [7, 11) is 1.43. The molecule has 3 heterocycles. The van der Waals surface area contributed by atoms with Crippen LogP contribution in [0.2, 0.25) is 0 Å². The van der Waals surface area contributed by atoms with Crippen LogP contribution in [-0.4, -0.2) is 55.0 Å². The highest BCUT2D eigenvalue weighted by atomic mass is 19.1. The first-order chi connectivity index (χ1) is 14.5. The fraction of sp³-hybridized carbons (Fsp3) is 0.368. The van der Waals surface area contributed by atoms with Gasteiger partial charge in [-0.05, 0) is 18.2 Å². The molecule has 1 aromatic carbocycles. The molecule has 0 radical (unpaired) electrons. The maximum absolute atomic E-state index is 14.8. The van der Waals surface area contributed by atoms with E-state index in [4.69, 9.17) is 19.9 Å². The third-order valence-electron chi connectivity index (χ3n) is 5.21. The van der Waals surface area contributed by atoms with Gasteiger partial charge in [0, 0.05) is 11.3 Å². The summed E-state index contributed by atoms with van der Waals surface area (Å²) in [6, 6.07) is 3.90. The molecule has 1 aromatic heterocycles. The van der Waals surface area contributed by atoms with Crippen molar-refractivity contribution >= 4 is 17.6 Å². The zero-order chi connectivity index (χ0) is 21.3. The molecule has 4 rings (SSSR count). The number of halogens is 2. The molecule has 3 atom stereocenters. The van der Waals surface area contributed by atoms with E-state index in [1.165, 1.54) is 37.7 Å². The zero-order valence-corrected chi connectivity index (χ0v) is 16.0. The molecule has 3 unspecified atom stereocenters. The van der Waals surface area contributed by atoms with Gasteiger partial charge >= 0.3 is 0 Å². The van der Waals surface area contributed by atoms with Crippen molar-refractivity contribution < 1.29 is 27.8 Å². The second-order valence-corrected chi connectivity index (χ2v) is 6.89. The first-order valence-corrected chi connectivity index (χ1v) is 9.10. The number of methoxy groups -OCH3 is 1. The van der Waals surface area contributed by atoms with Gasteiger partial charge in [0.15, 0.2) is 0 Å². The number of nitrogens with one attached hydrogen (secondary N) is 1. The number of fused-ring (bicyclic) bond motifs is 1. The average molecular weight is 419 g/mol. The van der Waals surface area contributed by atoms with Crippen LogP contribution in [0.3, 0.4) is 0 Å². The van der Waals surface area contributed by atoms with E-state index in [2.05, 4.69) is 20.3 Å². The summed E-state index contributed by atoms with van der Waals surface area (Å²) in [5, 5.41) is 2.64. The minimum Gasteiger partial charge on any atom is -0.480 e. The molecular formula is C19H19F2N5O4. The Morgan fingerprint density at radius 2 is 2.23 bits per heavy atom. The first kappa shape index (κ1) is 20.0. The standard InChI is InChI=1S/C19H19F2N5O4/c1-28-16-7-23-14(6-24-16)17(27)25-10-2-3-13(21)11(4-10)19-9-30-15(5-20)12(19)8-29-18(22)26-19/h2-4,6-7,12,15H,5,8-9H2,1H3,(H2,22,26)(H,25,27). The van der Waals surface area contributed by atoms with Crippen LogP contribution in [0.5, 0.6) is 5.88 Å². The van der Waals surface area contributed by atoms with E-state index >= 15 is 0 Å². The number of carbonyl (C=O) groups excluding carboxylic acids is 1. The highest BCUT2D eigenvalue weighted by Gasteiger charge is 2.55. The quantitative estimate of drug-likeness (QED) is 0.751. The van der Waals surface area contributed by atoms with E-state index < -0.39 is 36.0 Å². The molecule has 9 nitrogen and oxygen atoms in total. The molecule has 0 bridgehead atoms. The summed E-state index contributed by atoms with van der Waals surface area (Å²) in [5.74, 6) is -1.43. The second-order valence-electron chi connectivity index (χ2n) is 6.89. The van der Waals surface area contributed by atoms with Crippen molar-refractivity contribution in [3.8, 4) is 5.88 Å². The number of rotatable bonds is 5. The normalized spacial score (nSPS) is 25.1. The van der Waals surface area contributed by atoms with Gasteiger partial charge < -0.3 is 25.3 Å². The molecule has 30 heavy (non-hydrogen) atoms. The van der Waals surface area contributed by atoms with E-state index in [9.17, 15) is 13.6 Å². The van der Waals surface area contributed by atoms with Crippen LogP contribution in [0, 0.1) is 11.7 Å². The summed E-state index contributed by atoms with van der Waals surface area (Å²) in [4.78, 5) is 24.7. The van der Waals surface area contributed by atoms with Crippen LogP contribution in [0.4, 0.5) is 14.5 Å². The molecule has 11 heteroatoms. The predicted molar refractivity (Wildman–Crippen MR) is 101 cm³/mol. The van der Waals surface area contributed by atoms with E-state index in [-0.39, 0.29) is 36.4 Å². The van der Waals surface area contributed by atoms with Crippen molar-refractivity contribution in [3.63, 3.8) is 0 Å². The summed E-state index contributed by atoms with van der Waals surface area (Å²) >= 11 is 0. The number of carbonyl (C=O) groups is 1. The van der Waals surface area contributed by atoms with Gasteiger partial charge in [0.1, 0.15) is 23.7 Å². The Bertz CT molecular complexity index is 987. The average Bonchev–Trinajstić information content (AvgIpc) is 3.13. The van der Waals surface area contributed by atoms with Gasteiger partial charge in [0.25, 0.3) is 11.9 Å². The Balaban J connectivity index is 1.66. The smallest absolute Gasteiger partial charge is 0.282 e. The fourth-order valence-corrected chi connectivity index (χ4v) is 3.69. The maximum atomic E-state index is 14.8. The minimum atomic E-state index is -1.25. The lowest BCUT2D eigenvalue weighted by atomic mass is 9.78. The van der Waals surface area contributed by atoms with Gasteiger partial charge in [-0.15, -0.1) is 0 Å². The number of hydrogen-bond donors (Lipinski definition) is 2. The molecule has 2 aliphatic rings. The van der Waals surface area contributed by atoms with Crippen LogP contribution in [0.1, 0.15) is 16.1 Å². The number of nitrogens with zero attached hydrogens (tertiary/aromatic N) is 3. The largest absolute Gasteiger partial charge is 0.480 e. The van der Waals surface area contributed by atoms with Gasteiger partial charge in [0.2, 0.25) is 5.88 Å². The van der Waals surface area contributed by atoms with Crippen molar-refractivity contribution in [2.45, 2.75) is 11.6 Å². The van der Waals surface area contributed by atoms with E-state index in [0.29, 0.717) is 5.69 Å². The van der Waals surface area contributed by atoms with Gasteiger partial charge in [-0.2, -0.15) is 0 Å². The van der Waals surface area contributed by atoms with Gasteiger partial charge in [0.05, 0.1) is 44.7 Å². The van der Waals surface area contributed by atoms with Crippen molar-refractivity contribution in [1.29, 1.82) is 0 Å². The topological polar surface area (TPSA) is 121 Å². The Kier molecular flexibility index (Phi) is 5.20.